The Morgan fingerprint density at radius 1 is 0.727 bits per heavy atom. The zero-order valence-electron chi connectivity index (χ0n) is 12.4. The van der Waals surface area contributed by atoms with Gasteiger partial charge in [-0.25, -0.2) is 0 Å². The second kappa shape index (κ2) is 6.87. The van der Waals surface area contributed by atoms with E-state index in [0.717, 1.165) is 29.2 Å². The van der Waals surface area contributed by atoms with Gasteiger partial charge >= 0.3 is 0 Å². The van der Waals surface area contributed by atoms with Crippen molar-refractivity contribution in [1.29, 1.82) is 0 Å². The summed E-state index contributed by atoms with van der Waals surface area (Å²) in [7, 11) is 0. The summed E-state index contributed by atoms with van der Waals surface area (Å²) in [5.41, 5.74) is 9.88. The fourth-order valence-electron chi connectivity index (χ4n) is 2.45. The highest BCUT2D eigenvalue weighted by atomic mass is 15.1. The predicted molar refractivity (Wildman–Crippen MR) is 91.7 cm³/mol. The first-order valence-electron chi connectivity index (χ1n) is 7.44. The number of rotatable bonds is 5. The normalized spacial score (nSPS) is 10.4. The monoisotopic (exact) mass is 289 g/mol. The van der Waals surface area contributed by atoms with Gasteiger partial charge in [-0.2, -0.15) is 0 Å². The Morgan fingerprint density at radius 2 is 1.32 bits per heavy atom. The maximum Gasteiger partial charge on any atom is 0.0645 e. The molecule has 0 aliphatic rings. The van der Waals surface area contributed by atoms with E-state index in [1.165, 1.54) is 0 Å². The average molecular weight is 289 g/mol. The number of hydrogen-bond acceptors (Lipinski definition) is 3. The van der Waals surface area contributed by atoms with Crippen molar-refractivity contribution in [2.45, 2.75) is 6.42 Å². The fraction of sp³-hybridized carbons (Fsp3) is 0.105. The van der Waals surface area contributed by atoms with E-state index in [-0.39, 0.29) is 0 Å². The molecule has 0 unspecified atom stereocenters. The van der Waals surface area contributed by atoms with Crippen LogP contribution in [0.4, 0.5) is 17.1 Å². The van der Waals surface area contributed by atoms with E-state index < -0.39 is 0 Å². The van der Waals surface area contributed by atoms with Gasteiger partial charge in [0.15, 0.2) is 0 Å². The van der Waals surface area contributed by atoms with Gasteiger partial charge in [0.1, 0.15) is 0 Å². The van der Waals surface area contributed by atoms with E-state index in [9.17, 15) is 0 Å². The molecule has 1 aromatic heterocycles. The summed E-state index contributed by atoms with van der Waals surface area (Å²) >= 11 is 0. The molecule has 3 rings (SSSR count). The Hall–Kier alpha value is -2.65. The van der Waals surface area contributed by atoms with Crippen LogP contribution in [0.25, 0.3) is 0 Å². The quantitative estimate of drug-likeness (QED) is 0.770. The average Bonchev–Trinajstić information content (AvgIpc) is 2.59. The molecule has 2 aromatic carbocycles. The van der Waals surface area contributed by atoms with Crippen LogP contribution in [0.2, 0.25) is 0 Å². The SMILES string of the molecule is NCCc1ccc(N(c2ccccc2)c2ccccc2)cn1. The molecule has 0 spiro atoms. The summed E-state index contributed by atoms with van der Waals surface area (Å²) in [4.78, 5) is 6.71. The maximum absolute atomic E-state index is 5.59. The van der Waals surface area contributed by atoms with Gasteiger partial charge in [0.25, 0.3) is 0 Å². The van der Waals surface area contributed by atoms with Gasteiger partial charge in [0.05, 0.1) is 11.9 Å². The van der Waals surface area contributed by atoms with Crippen molar-refractivity contribution >= 4 is 17.1 Å². The molecule has 0 aliphatic heterocycles. The Balaban J connectivity index is 2.02. The van der Waals surface area contributed by atoms with E-state index >= 15 is 0 Å². The maximum atomic E-state index is 5.59. The van der Waals surface area contributed by atoms with Crippen LogP contribution in [0, 0.1) is 0 Å². The number of nitrogens with zero attached hydrogens (tertiary/aromatic N) is 2. The summed E-state index contributed by atoms with van der Waals surface area (Å²) in [6.07, 6.45) is 2.71. The van der Waals surface area contributed by atoms with E-state index in [1.54, 1.807) is 0 Å². The third-order valence-electron chi connectivity index (χ3n) is 3.50. The van der Waals surface area contributed by atoms with Crippen LogP contribution >= 0.6 is 0 Å². The standard InChI is InChI=1S/C19H19N3/c20-14-13-16-11-12-19(15-21-16)22(17-7-3-1-4-8-17)18-9-5-2-6-10-18/h1-12,15H,13-14,20H2. The highest BCUT2D eigenvalue weighted by molar-refractivity contribution is 5.75. The topological polar surface area (TPSA) is 42.1 Å². The van der Waals surface area contributed by atoms with Crippen LogP contribution in [0.1, 0.15) is 5.69 Å². The predicted octanol–water partition coefficient (Wildman–Crippen LogP) is 4.05. The number of hydrogen-bond donors (Lipinski definition) is 1. The zero-order chi connectivity index (χ0) is 15.2. The number of benzene rings is 2. The van der Waals surface area contributed by atoms with E-state index in [2.05, 4.69) is 40.2 Å². The first-order valence-corrected chi connectivity index (χ1v) is 7.44. The van der Waals surface area contributed by atoms with Gasteiger partial charge in [0, 0.05) is 23.5 Å². The van der Waals surface area contributed by atoms with Crippen molar-refractivity contribution in [1.82, 2.24) is 4.98 Å². The largest absolute Gasteiger partial charge is 0.330 e. The molecule has 0 bridgehead atoms. The first-order chi connectivity index (χ1) is 10.9. The molecule has 110 valence electrons. The lowest BCUT2D eigenvalue weighted by atomic mass is 10.2. The summed E-state index contributed by atoms with van der Waals surface area (Å²) in [6, 6.07) is 24.7. The highest BCUT2D eigenvalue weighted by Gasteiger charge is 2.11. The Kier molecular flexibility index (Phi) is 4.47. The lowest BCUT2D eigenvalue weighted by Gasteiger charge is -2.25. The number of nitrogens with two attached hydrogens (primary N) is 1. The van der Waals surface area contributed by atoms with Crippen LogP contribution in [0.15, 0.2) is 79.0 Å². The summed E-state index contributed by atoms with van der Waals surface area (Å²) in [5.74, 6) is 0. The van der Waals surface area contributed by atoms with E-state index in [4.69, 9.17) is 5.73 Å². The molecular formula is C19H19N3. The zero-order valence-corrected chi connectivity index (χ0v) is 12.4. The van der Waals surface area contributed by atoms with Gasteiger partial charge < -0.3 is 10.6 Å². The van der Waals surface area contributed by atoms with Gasteiger partial charge in [-0.05, 0) is 42.9 Å². The first kappa shape index (κ1) is 14.3. The number of para-hydroxylation sites is 2. The van der Waals surface area contributed by atoms with Crippen LogP contribution in [-0.2, 0) is 6.42 Å². The van der Waals surface area contributed by atoms with Gasteiger partial charge in [0.2, 0.25) is 0 Å². The molecule has 0 radical (unpaired) electrons. The van der Waals surface area contributed by atoms with Gasteiger partial charge in [-0.15, -0.1) is 0 Å². The van der Waals surface area contributed by atoms with Crippen molar-refractivity contribution < 1.29 is 0 Å². The Morgan fingerprint density at radius 3 is 1.77 bits per heavy atom. The smallest absolute Gasteiger partial charge is 0.0645 e. The third-order valence-corrected chi connectivity index (χ3v) is 3.50. The van der Waals surface area contributed by atoms with E-state index in [1.807, 2.05) is 48.7 Å². The van der Waals surface area contributed by atoms with Crippen molar-refractivity contribution in [3.05, 3.63) is 84.7 Å². The summed E-state index contributed by atoms with van der Waals surface area (Å²) < 4.78 is 0. The van der Waals surface area contributed by atoms with Crippen LogP contribution < -0.4 is 10.6 Å². The highest BCUT2D eigenvalue weighted by Crippen LogP contribution is 2.33. The molecule has 22 heavy (non-hydrogen) atoms. The molecule has 3 nitrogen and oxygen atoms in total. The Labute approximate surface area is 131 Å². The molecule has 3 aromatic rings. The third kappa shape index (κ3) is 3.15. The lowest BCUT2D eigenvalue weighted by Crippen LogP contribution is -2.11. The molecule has 1 heterocycles. The van der Waals surface area contributed by atoms with Crippen LogP contribution in [0.3, 0.4) is 0 Å². The Bertz CT molecular complexity index is 654. The summed E-state index contributed by atoms with van der Waals surface area (Å²) in [5, 5.41) is 0. The molecular weight excluding hydrogens is 270 g/mol. The molecule has 0 amide bonds. The molecule has 0 saturated heterocycles. The number of aromatic nitrogens is 1. The molecule has 3 heteroatoms. The fourth-order valence-corrected chi connectivity index (χ4v) is 2.45. The van der Waals surface area contributed by atoms with E-state index in [0.29, 0.717) is 6.54 Å². The van der Waals surface area contributed by atoms with Gasteiger partial charge in [-0.1, -0.05) is 36.4 Å². The minimum absolute atomic E-state index is 0.618. The number of pyridine rings is 1. The molecule has 0 saturated carbocycles. The van der Waals surface area contributed by atoms with Crippen molar-refractivity contribution in [2.75, 3.05) is 11.4 Å². The van der Waals surface area contributed by atoms with Crippen molar-refractivity contribution in [3.63, 3.8) is 0 Å². The van der Waals surface area contributed by atoms with Crippen LogP contribution in [0.5, 0.6) is 0 Å². The number of anilines is 3. The lowest BCUT2D eigenvalue weighted by molar-refractivity contribution is 0.922. The second-order valence-electron chi connectivity index (χ2n) is 5.05. The second-order valence-corrected chi connectivity index (χ2v) is 5.05. The minimum atomic E-state index is 0.618. The van der Waals surface area contributed by atoms with Gasteiger partial charge in [-0.3, -0.25) is 4.98 Å². The van der Waals surface area contributed by atoms with Crippen molar-refractivity contribution in [2.24, 2.45) is 5.73 Å². The van der Waals surface area contributed by atoms with Crippen molar-refractivity contribution in [3.8, 4) is 0 Å². The summed E-state index contributed by atoms with van der Waals surface area (Å²) in [6.45, 7) is 0.618. The molecule has 0 aliphatic carbocycles. The molecule has 2 N–H and O–H groups in total. The molecule has 0 atom stereocenters. The minimum Gasteiger partial charge on any atom is -0.330 e. The molecule has 0 fully saturated rings. The van der Waals surface area contributed by atoms with Crippen LogP contribution in [-0.4, -0.2) is 11.5 Å².